The maximum Gasteiger partial charge on any atom is 0.271 e. The molecule has 0 saturated carbocycles. The lowest BCUT2D eigenvalue weighted by Gasteiger charge is -2.31. The van der Waals surface area contributed by atoms with E-state index in [0.717, 1.165) is 5.56 Å². The van der Waals surface area contributed by atoms with Crippen molar-refractivity contribution in [2.75, 3.05) is 5.73 Å². The van der Waals surface area contributed by atoms with Crippen molar-refractivity contribution in [2.24, 2.45) is 0 Å². The molecule has 2 amide bonds. The number of hydrogen-bond acceptors (Lipinski definition) is 5. The number of amides is 2. The monoisotopic (exact) mass is 391 g/mol. The van der Waals surface area contributed by atoms with Crippen LogP contribution in [0.25, 0.3) is 0 Å². The summed E-state index contributed by atoms with van der Waals surface area (Å²) in [7, 11) is 0. The van der Waals surface area contributed by atoms with Crippen LogP contribution < -0.4 is 16.5 Å². The number of carbonyl (C=O) groups excluding carboxylic acids is 2. The van der Waals surface area contributed by atoms with Gasteiger partial charge in [-0.3, -0.25) is 14.8 Å². The Kier molecular flexibility index (Phi) is 6.99. The van der Waals surface area contributed by atoms with Crippen LogP contribution in [0.5, 0.6) is 0 Å². The fourth-order valence-corrected chi connectivity index (χ4v) is 2.25. The first-order chi connectivity index (χ1) is 13.8. The van der Waals surface area contributed by atoms with E-state index in [1.165, 1.54) is 31.5 Å². The summed E-state index contributed by atoms with van der Waals surface area (Å²) in [5.41, 5.74) is 7.75. The van der Waals surface area contributed by atoms with Crippen LogP contribution in [0.2, 0.25) is 0 Å². The smallest absolute Gasteiger partial charge is 0.271 e. The Morgan fingerprint density at radius 1 is 1.00 bits per heavy atom. The van der Waals surface area contributed by atoms with Crippen molar-refractivity contribution in [3.8, 4) is 23.7 Å². The molecule has 0 heterocycles. The molecular formula is C22H21N3O4. The van der Waals surface area contributed by atoms with Gasteiger partial charge < -0.3 is 16.2 Å². The van der Waals surface area contributed by atoms with E-state index in [2.05, 4.69) is 29.0 Å². The highest BCUT2D eigenvalue weighted by Gasteiger charge is 2.39. The number of carbonyl (C=O) groups is 2. The van der Waals surface area contributed by atoms with Crippen LogP contribution in [-0.2, 0) is 4.79 Å². The van der Waals surface area contributed by atoms with E-state index in [1.54, 1.807) is 36.4 Å². The second-order valence-corrected chi connectivity index (χ2v) is 6.47. The average molecular weight is 391 g/mol. The number of hydroxylamine groups is 1. The summed E-state index contributed by atoms with van der Waals surface area (Å²) in [5.74, 6) is 9.73. The molecule has 7 heteroatoms. The Morgan fingerprint density at radius 3 is 1.93 bits per heavy atom. The van der Waals surface area contributed by atoms with Crippen molar-refractivity contribution in [2.45, 2.75) is 25.5 Å². The lowest BCUT2D eigenvalue weighted by molar-refractivity contribution is -0.139. The highest BCUT2D eigenvalue weighted by atomic mass is 16.5. The highest BCUT2D eigenvalue weighted by Crippen LogP contribution is 2.13. The molecule has 2 atom stereocenters. The summed E-state index contributed by atoms with van der Waals surface area (Å²) in [6.45, 7) is 2.64. The first-order valence-electron chi connectivity index (χ1n) is 8.69. The normalized spacial score (nSPS) is 12.8. The van der Waals surface area contributed by atoms with Crippen molar-refractivity contribution in [3.05, 3.63) is 65.2 Å². The predicted molar refractivity (Wildman–Crippen MR) is 109 cm³/mol. The number of nitrogen functional groups attached to an aromatic ring is 1. The minimum absolute atomic E-state index is 0.265. The van der Waals surface area contributed by atoms with Crippen LogP contribution in [0.3, 0.4) is 0 Å². The maximum atomic E-state index is 12.4. The first-order valence-corrected chi connectivity index (χ1v) is 8.69. The molecule has 29 heavy (non-hydrogen) atoms. The van der Waals surface area contributed by atoms with Crippen LogP contribution in [0.15, 0.2) is 48.5 Å². The highest BCUT2D eigenvalue weighted by molar-refractivity contribution is 5.99. The number of nitrogens with two attached hydrogens (primary N) is 1. The molecule has 0 aliphatic heterocycles. The molecule has 0 aliphatic carbocycles. The number of aliphatic hydroxyl groups is 1. The zero-order chi connectivity index (χ0) is 21.4. The van der Waals surface area contributed by atoms with Gasteiger partial charge in [0.1, 0.15) is 5.54 Å². The Labute approximate surface area is 168 Å². The van der Waals surface area contributed by atoms with E-state index < -0.39 is 23.5 Å². The standard InChI is InChI=1S/C22H21N3O4/c1-15(26)22(2,21(28)25-29)24-20(27)18-11-7-16(8-12-18)5-3-4-6-17-9-13-19(23)14-10-17/h7-15,26,29H,23H2,1-2H3,(H,24,27)(H,25,28)/t15?,22-/m0/s1. The third-order valence-electron chi connectivity index (χ3n) is 4.32. The van der Waals surface area contributed by atoms with Gasteiger partial charge in [0.25, 0.3) is 11.8 Å². The van der Waals surface area contributed by atoms with Gasteiger partial charge in [-0.2, -0.15) is 0 Å². The Hall–Kier alpha value is -3.78. The van der Waals surface area contributed by atoms with Gasteiger partial charge in [0.15, 0.2) is 0 Å². The van der Waals surface area contributed by atoms with E-state index in [0.29, 0.717) is 11.3 Å². The molecule has 0 aromatic heterocycles. The maximum absolute atomic E-state index is 12.4. The van der Waals surface area contributed by atoms with E-state index in [-0.39, 0.29) is 5.56 Å². The number of aliphatic hydroxyl groups excluding tert-OH is 1. The van der Waals surface area contributed by atoms with Crippen molar-refractivity contribution in [1.82, 2.24) is 10.8 Å². The largest absolute Gasteiger partial charge is 0.399 e. The molecule has 0 aliphatic rings. The average Bonchev–Trinajstić information content (AvgIpc) is 2.72. The molecule has 1 unspecified atom stereocenters. The molecule has 148 valence electrons. The quantitative estimate of drug-likeness (QED) is 0.231. The van der Waals surface area contributed by atoms with Gasteiger partial charge in [0, 0.05) is 22.4 Å². The molecule has 0 bridgehead atoms. The second-order valence-electron chi connectivity index (χ2n) is 6.47. The summed E-state index contributed by atoms with van der Waals surface area (Å²) in [6, 6.07) is 13.5. The van der Waals surface area contributed by atoms with E-state index in [9.17, 15) is 14.7 Å². The van der Waals surface area contributed by atoms with E-state index in [1.807, 2.05) is 0 Å². The Morgan fingerprint density at radius 2 is 1.48 bits per heavy atom. The fraction of sp³-hybridized carbons (Fsp3) is 0.182. The zero-order valence-electron chi connectivity index (χ0n) is 16.0. The third kappa shape index (κ3) is 5.60. The molecule has 2 aromatic rings. The van der Waals surface area contributed by atoms with E-state index >= 15 is 0 Å². The van der Waals surface area contributed by atoms with Gasteiger partial charge >= 0.3 is 0 Å². The third-order valence-corrected chi connectivity index (χ3v) is 4.32. The van der Waals surface area contributed by atoms with Crippen LogP contribution in [-0.4, -0.2) is 33.8 Å². The zero-order valence-corrected chi connectivity index (χ0v) is 16.0. The molecule has 0 fully saturated rings. The summed E-state index contributed by atoms with van der Waals surface area (Å²) < 4.78 is 0. The topological polar surface area (TPSA) is 125 Å². The van der Waals surface area contributed by atoms with Gasteiger partial charge in [-0.15, -0.1) is 0 Å². The lowest BCUT2D eigenvalue weighted by Crippen LogP contribution is -2.62. The minimum atomic E-state index is -1.69. The fourth-order valence-electron chi connectivity index (χ4n) is 2.25. The van der Waals surface area contributed by atoms with Crippen molar-refractivity contribution in [3.63, 3.8) is 0 Å². The van der Waals surface area contributed by atoms with Gasteiger partial charge in [0.2, 0.25) is 0 Å². The molecule has 7 nitrogen and oxygen atoms in total. The van der Waals surface area contributed by atoms with Crippen LogP contribution in [0.4, 0.5) is 5.69 Å². The number of nitrogens with one attached hydrogen (secondary N) is 2. The van der Waals surface area contributed by atoms with Crippen molar-refractivity contribution in [1.29, 1.82) is 0 Å². The Bertz CT molecular complexity index is 1010. The molecule has 2 aromatic carbocycles. The summed E-state index contributed by atoms with van der Waals surface area (Å²) in [6.07, 6.45) is -1.23. The number of benzene rings is 2. The molecule has 0 saturated heterocycles. The van der Waals surface area contributed by atoms with E-state index in [4.69, 9.17) is 10.9 Å². The van der Waals surface area contributed by atoms with Gasteiger partial charge in [-0.1, -0.05) is 11.8 Å². The number of hydrogen-bond donors (Lipinski definition) is 5. The molecular weight excluding hydrogens is 370 g/mol. The first kappa shape index (κ1) is 21.5. The Balaban J connectivity index is 2.08. The van der Waals surface area contributed by atoms with Crippen molar-refractivity contribution < 1.29 is 19.9 Å². The SMILES string of the molecule is CC(O)[C@](C)(NC(=O)c1ccc(C#CC#Cc2ccc(N)cc2)cc1)C(=O)NO. The minimum Gasteiger partial charge on any atom is -0.399 e. The second kappa shape index (κ2) is 9.43. The van der Waals surface area contributed by atoms with Crippen LogP contribution >= 0.6 is 0 Å². The van der Waals surface area contributed by atoms with Gasteiger partial charge in [-0.25, -0.2) is 5.48 Å². The molecule has 0 spiro atoms. The number of anilines is 1. The molecule has 0 radical (unpaired) electrons. The lowest BCUT2D eigenvalue weighted by atomic mass is 9.94. The van der Waals surface area contributed by atoms with Crippen LogP contribution in [0, 0.1) is 23.7 Å². The van der Waals surface area contributed by atoms with Crippen molar-refractivity contribution >= 4 is 17.5 Å². The number of rotatable bonds is 4. The van der Waals surface area contributed by atoms with Crippen LogP contribution in [0.1, 0.15) is 35.3 Å². The van der Waals surface area contributed by atoms with Gasteiger partial charge in [0.05, 0.1) is 6.10 Å². The summed E-state index contributed by atoms with van der Waals surface area (Å²) in [4.78, 5) is 24.2. The predicted octanol–water partition coefficient (Wildman–Crippen LogP) is 1.05. The van der Waals surface area contributed by atoms with Gasteiger partial charge in [-0.05, 0) is 74.2 Å². The summed E-state index contributed by atoms with van der Waals surface area (Å²) in [5, 5.41) is 21.1. The molecule has 2 rings (SSSR count). The summed E-state index contributed by atoms with van der Waals surface area (Å²) >= 11 is 0. The molecule has 6 N–H and O–H groups in total.